The third-order valence-electron chi connectivity index (χ3n) is 7.19. The first kappa shape index (κ1) is 30.7. The number of aliphatic hydroxyl groups excluding tert-OH is 2. The molecule has 3 unspecified atom stereocenters. The Hall–Kier alpha value is -2.28. The number of hydrogen-bond donors (Lipinski definition) is 5. The maximum absolute atomic E-state index is 13.3. The maximum atomic E-state index is 13.3. The highest BCUT2D eigenvalue weighted by Crippen LogP contribution is 2.33. The van der Waals surface area contributed by atoms with E-state index in [1.165, 1.54) is 6.92 Å². The Labute approximate surface area is 226 Å². The molecule has 11 nitrogen and oxygen atoms in total. The van der Waals surface area contributed by atoms with Gasteiger partial charge in [0.15, 0.2) is 6.29 Å². The van der Waals surface area contributed by atoms with Crippen molar-refractivity contribution in [1.29, 1.82) is 0 Å². The number of carbonyl (C=O) groups excluding carboxylic acids is 1. The molecule has 0 saturated carbocycles. The smallest absolute Gasteiger partial charge is 0.378 e. The van der Waals surface area contributed by atoms with E-state index in [0.717, 1.165) is 12.3 Å². The second-order valence-corrected chi connectivity index (χ2v) is 10.0. The number of pyridine rings is 1. The van der Waals surface area contributed by atoms with Crippen molar-refractivity contribution in [3.05, 3.63) is 23.4 Å². The number of hydrogen-bond acceptors (Lipinski definition) is 10. The fourth-order valence-electron chi connectivity index (χ4n) is 5.15. The normalized spacial score (nSPS) is 25.2. The van der Waals surface area contributed by atoms with E-state index in [9.17, 15) is 41.4 Å². The number of fused-ring (bicyclic) bond motifs is 3. The van der Waals surface area contributed by atoms with Crippen LogP contribution in [0.4, 0.5) is 32.2 Å². The van der Waals surface area contributed by atoms with Crippen molar-refractivity contribution in [3.8, 4) is 0 Å². The molecule has 3 aliphatic heterocycles. The van der Waals surface area contributed by atoms with Crippen LogP contribution in [0, 0.1) is 0 Å². The predicted octanol–water partition coefficient (Wildman–Crippen LogP) is -0.00650. The summed E-state index contributed by atoms with van der Waals surface area (Å²) in [5.74, 6) is -0.666. The molecule has 0 aromatic carbocycles. The van der Waals surface area contributed by atoms with Crippen LogP contribution in [-0.4, -0.2) is 114 Å². The second-order valence-electron chi connectivity index (χ2n) is 10.0. The van der Waals surface area contributed by atoms with E-state index in [2.05, 4.69) is 20.9 Å². The van der Waals surface area contributed by atoms with Crippen molar-refractivity contribution in [1.82, 2.24) is 30.7 Å². The molecule has 1 aromatic rings. The molecule has 4 rings (SSSR count). The number of amides is 1. The predicted molar refractivity (Wildman–Crippen MR) is 128 cm³/mol. The van der Waals surface area contributed by atoms with E-state index in [0.29, 0.717) is 37.6 Å². The fraction of sp³-hybridized carbons (Fsp3) is 0.739. The van der Waals surface area contributed by atoms with Crippen molar-refractivity contribution in [3.63, 3.8) is 0 Å². The van der Waals surface area contributed by atoms with Crippen LogP contribution in [0.2, 0.25) is 0 Å². The summed E-state index contributed by atoms with van der Waals surface area (Å²) in [6.45, 7) is 2.59. The van der Waals surface area contributed by atoms with Gasteiger partial charge >= 0.3 is 12.5 Å². The summed E-state index contributed by atoms with van der Waals surface area (Å²) < 4.78 is 84.5. The molecule has 1 aromatic heterocycles. The van der Waals surface area contributed by atoms with E-state index in [-0.39, 0.29) is 37.1 Å². The Kier molecular flexibility index (Phi) is 9.43. The standard InChI is InChI=1S/C23H33F6N7O4/c1-13(33-17-10-31-11-19(38)36(17)23(27,28)29)21(39)40-5-2-18(37)34-3-4-35-16(12-34)9-30-7-14-6-15(22(24,25)26)8-32-20(14)35/h6,8,13,16-18,21,30-31,33,37,39H,2-5,7,9-12H2,1H3/t13?,16-,17?,18?,21-/m0/s1. The van der Waals surface area contributed by atoms with Crippen molar-refractivity contribution in [2.45, 2.75) is 63.1 Å². The molecule has 0 aliphatic carbocycles. The molecule has 5 atom stereocenters. The summed E-state index contributed by atoms with van der Waals surface area (Å²) in [6, 6.07) is -0.0282. The molecule has 2 saturated heterocycles. The van der Waals surface area contributed by atoms with Gasteiger partial charge in [-0.2, -0.15) is 13.2 Å². The van der Waals surface area contributed by atoms with E-state index >= 15 is 0 Å². The molecule has 0 bridgehead atoms. The first-order valence-electron chi connectivity index (χ1n) is 12.9. The largest absolute Gasteiger partial charge is 0.488 e. The molecule has 0 spiro atoms. The van der Waals surface area contributed by atoms with Gasteiger partial charge in [0.2, 0.25) is 5.91 Å². The summed E-state index contributed by atoms with van der Waals surface area (Å²) in [4.78, 5) is 19.3. The number of alkyl halides is 6. The highest BCUT2D eigenvalue weighted by molar-refractivity contribution is 5.79. The highest BCUT2D eigenvalue weighted by Gasteiger charge is 2.47. The van der Waals surface area contributed by atoms with Gasteiger partial charge in [-0.1, -0.05) is 0 Å². The molecule has 17 heteroatoms. The lowest BCUT2D eigenvalue weighted by molar-refractivity contribution is -0.258. The number of carbonyl (C=O) groups is 1. The number of aliphatic hydroxyl groups is 2. The number of rotatable bonds is 8. The number of ether oxygens (including phenoxy) is 1. The van der Waals surface area contributed by atoms with Crippen LogP contribution in [0.15, 0.2) is 12.3 Å². The minimum atomic E-state index is -4.88. The van der Waals surface area contributed by atoms with Gasteiger partial charge < -0.3 is 30.5 Å². The Morgan fingerprint density at radius 2 is 1.88 bits per heavy atom. The maximum Gasteiger partial charge on any atom is 0.488 e. The Balaban J connectivity index is 1.26. The number of aromatic nitrogens is 1. The minimum absolute atomic E-state index is 0.0891. The molecule has 5 N–H and O–H groups in total. The first-order chi connectivity index (χ1) is 18.8. The Bertz CT molecular complexity index is 1030. The van der Waals surface area contributed by atoms with Gasteiger partial charge in [0.25, 0.3) is 0 Å². The van der Waals surface area contributed by atoms with E-state index in [1.54, 1.807) is 4.90 Å². The van der Waals surface area contributed by atoms with Crippen molar-refractivity contribution in [2.24, 2.45) is 0 Å². The zero-order chi connectivity index (χ0) is 29.2. The SMILES string of the molecule is CC(NC1CNCC(=O)N1C(F)(F)F)[C@@H](O)OCCC(O)N1CCN2c3ncc(C(F)(F)F)cc3CNC[C@H]2C1. The van der Waals surface area contributed by atoms with Crippen LogP contribution in [0.1, 0.15) is 24.5 Å². The molecule has 3 aliphatic rings. The average Bonchev–Trinajstić information content (AvgIpc) is 3.05. The zero-order valence-corrected chi connectivity index (χ0v) is 21.7. The summed E-state index contributed by atoms with van der Waals surface area (Å²) in [7, 11) is 0. The number of nitrogens with zero attached hydrogens (tertiary/aromatic N) is 4. The van der Waals surface area contributed by atoms with Crippen LogP contribution in [0.25, 0.3) is 0 Å². The van der Waals surface area contributed by atoms with E-state index in [4.69, 9.17) is 4.74 Å². The van der Waals surface area contributed by atoms with Crippen molar-refractivity contribution >= 4 is 11.7 Å². The second kappa shape index (κ2) is 12.3. The minimum Gasteiger partial charge on any atom is -0.378 e. The van der Waals surface area contributed by atoms with Gasteiger partial charge in [-0.05, 0) is 13.0 Å². The van der Waals surface area contributed by atoms with Gasteiger partial charge in [0.1, 0.15) is 18.2 Å². The van der Waals surface area contributed by atoms with Crippen molar-refractivity contribution < 1.29 is 46.1 Å². The lowest BCUT2D eigenvalue weighted by Gasteiger charge is -2.43. The fourth-order valence-corrected chi connectivity index (χ4v) is 5.15. The lowest BCUT2D eigenvalue weighted by atomic mass is 10.1. The topological polar surface area (TPSA) is 125 Å². The number of piperazine rings is 2. The Morgan fingerprint density at radius 3 is 2.58 bits per heavy atom. The third-order valence-corrected chi connectivity index (χ3v) is 7.19. The monoisotopic (exact) mass is 585 g/mol. The van der Waals surface area contributed by atoms with Gasteiger partial charge in [0.05, 0.1) is 30.8 Å². The number of anilines is 1. The van der Waals surface area contributed by atoms with Gasteiger partial charge in [-0.3, -0.25) is 15.0 Å². The lowest BCUT2D eigenvalue weighted by Crippen LogP contribution is -2.66. The number of nitrogens with one attached hydrogen (secondary N) is 3. The van der Waals surface area contributed by atoms with Crippen LogP contribution in [-0.2, 0) is 22.3 Å². The summed E-state index contributed by atoms with van der Waals surface area (Å²) in [5, 5.41) is 29.3. The van der Waals surface area contributed by atoms with Gasteiger partial charge in [-0.25, -0.2) is 9.88 Å². The molecule has 1 amide bonds. The van der Waals surface area contributed by atoms with Crippen LogP contribution >= 0.6 is 0 Å². The quantitative estimate of drug-likeness (QED) is 0.162. The van der Waals surface area contributed by atoms with Crippen LogP contribution < -0.4 is 20.9 Å². The third kappa shape index (κ3) is 7.13. The Morgan fingerprint density at radius 1 is 1.15 bits per heavy atom. The average molecular weight is 586 g/mol. The summed E-state index contributed by atoms with van der Waals surface area (Å²) in [6.07, 6.45) is -12.4. The molecule has 2 fully saturated rings. The molecule has 4 heterocycles. The molecular weight excluding hydrogens is 552 g/mol. The molecule has 40 heavy (non-hydrogen) atoms. The molecule has 0 radical (unpaired) electrons. The van der Waals surface area contributed by atoms with Gasteiger partial charge in [-0.15, -0.1) is 13.2 Å². The summed E-state index contributed by atoms with van der Waals surface area (Å²) in [5.41, 5.74) is -0.364. The molecule has 226 valence electrons. The van der Waals surface area contributed by atoms with E-state index < -0.39 is 55.2 Å². The van der Waals surface area contributed by atoms with Crippen molar-refractivity contribution in [2.75, 3.05) is 50.8 Å². The van der Waals surface area contributed by atoms with Crippen LogP contribution in [0.3, 0.4) is 0 Å². The zero-order valence-electron chi connectivity index (χ0n) is 21.7. The molecular formula is C23H33F6N7O4. The van der Waals surface area contributed by atoms with E-state index in [1.807, 2.05) is 4.90 Å². The van der Waals surface area contributed by atoms with Gasteiger partial charge in [0, 0.05) is 57.4 Å². The highest BCUT2D eigenvalue weighted by atomic mass is 19.4. The number of halogens is 6. The first-order valence-corrected chi connectivity index (χ1v) is 12.9. The summed E-state index contributed by atoms with van der Waals surface area (Å²) >= 11 is 0. The van der Waals surface area contributed by atoms with Crippen LogP contribution in [0.5, 0.6) is 0 Å².